The Bertz CT molecular complexity index is 454. The highest BCUT2D eigenvalue weighted by atomic mass is 16.3. The van der Waals surface area contributed by atoms with Gasteiger partial charge in [0.1, 0.15) is 11.3 Å². The lowest BCUT2D eigenvalue weighted by atomic mass is 10.0. The predicted octanol–water partition coefficient (Wildman–Crippen LogP) is 5.18. The fourth-order valence-corrected chi connectivity index (χ4v) is 3.35. The number of Topliss-reactive ketones (excluding diaryl/α,β-unsaturated/α-hetero) is 1. The second-order valence-electron chi connectivity index (χ2n) is 7.87. The minimum Gasteiger partial charge on any atom is -0.511 e. The van der Waals surface area contributed by atoms with Crippen LogP contribution in [0.2, 0.25) is 0 Å². The minimum atomic E-state index is -0.337. The lowest BCUT2D eigenvalue weighted by molar-refractivity contribution is -0.123. The molecule has 0 aromatic carbocycles. The zero-order valence-corrected chi connectivity index (χ0v) is 16.5. The van der Waals surface area contributed by atoms with Crippen molar-refractivity contribution < 1.29 is 14.7 Å². The smallest absolute Gasteiger partial charge is 0.261 e. The van der Waals surface area contributed by atoms with E-state index in [-0.39, 0.29) is 29.6 Å². The summed E-state index contributed by atoms with van der Waals surface area (Å²) in [6.07, 6.45) is 14.2. The summed E-state index contributed by atoms with van der Waals surface area (Å²) >= 11 is 0. The number of likely N-dealkylation sites (N-methyl/N-ethyl adjacent to an activating group) is 1. The van der Waals surface area contributed by atoms with Crippen molar-refractivity contribution in [2.75, 3.05) is 13.6 Å². The zero-order valence-electron chi connectivity index (χ0n) is 16.5. The molecule has 1 rings (SSSR count). The molecule has 144 valence electrons. The van der Waals surface area contributed by atoms with E-state index < -0.39 is 0 Å². The summed E-state index contributed by atoms with van der Waals surface area (Å²) in [5.74, 6) is 0.232. The van der Waals surface area contributed by atoms with Crippen LogP contribution in [0.4, 0.5) is 0 Å². The number of aliphatic hydroxyl groups is 1. The van der Waals surface area contributed by atoms with E-state index in [9.17, 15) is 14.7 Å². The third-order valence-electron chi connectivity index (χ3n) is 4.95. The number of likely N-dealkylation sites (tertiary alicyclic amines) is 1. The maximum atomic E-state index is 11.8. The molecule has 1 heterocycles. The summed E-state index contributed by atoms with van der Waals surface area (Å²) in [6, 6.07) is 0. The molecule has 1 aliphatic rings. The van der Waals surface area contributed by atoms with E-state index >= 15 is 0 Å². The quantitative estimate of drug-likeness (QED) is 0.215. The van der Waals surface area contributed by atoms with Crippen molar-refractivity contribution in [1.82, 2.24) is 4.90 Å². The van der Waals surface area contributed by atoms with Crippen LogP contribution in [0.5, 0.6) is 0 Å². The van der Waals surface area contributed by atoms with E-state index in [1.165, 1.54) is 56.3 Å². The molecule has 25 heavy (non-hydrogen) atoms. The molecule has 1 fully saturated rings. The maximum Gasteiger partial charge on any atom is 0.261 e. The first-order chi connectivity index (χ1) is 11.9. The van der Waals surface area contributed by atoms with Gasteiger partial charge in [-0.1, -0.05) is 78.1 Å². The maximum absolute atomic E-state index is 11.8. The second kappa shape index (κ2) is 12.1. The number of hydrogen-bond donors (Lipinski definition) is 1. The van der Waals surface area contributed by atoms with Crippen LogP contribution in [-0.2, 0) is 9.59 Å². The van der Waals surface area contributed by atoms with Crippen molar-refractivity contribution in [3.8, 4) is 0 Å². The highest BCUT2D eigenvalue weighted by Crippen LogP contribution is 2.20. The minimum absolute atomic E-state index is 0.0132. The topological polar surface area (TPSA) is 57.6 Å². The molecule has 0 saturated carbocycles. The SMILES string of the molecule is CC(C)CCCCCCCCCCCC/C(O)=C1/C(=O)CN(C)C1=O. The Morgan fingerprint density at radius 2 is 1.40 bits per heavy atom. The predicted molar refractivity (Wildman–Crippen MR) is 103 cm³/mol. The highest BCUT2D eigenvalue weighted by molar-refractivity contribution is 6.25. The molecule has 1 saturated heterocycles. The van der Waals surface area contributed by atoms with Crippen LogP contribution < -0.4 is 0 Å². The lowest BCUT2D eigenvalue weighted by Gasteiger charge is -2.06. The molecule has 0 aromatic rings. The molecule has 0 atom stereocenters. The summed E-state index contributed by atoms with van der Waals surface area (Å²) in [6.45, 7) is 4.67. The number of aliphatic hydroxyl groups excluding tert-OH is 1. The van der Waals surface area contributed by atoms with Crippen LogP contribution in [0, 0.1) is 5.92 Å². The van der Waals surface area contributed by atoms with Crippen molar-refractivity contribution in [3.63, 3.8) is 0 Å². The van der Waals surface area contributed by atoms with E-state index in [2.05, 4.69) is 13.8 Å². The normalized spacial score (nSPS) is 17.0. The summed E-state index contributed by atoms with van der Waals surface area (Å²) < 4.78 is 0. The van der Waals surface area contributed by atoms with Gasteiger partial charge >= 0.3 is 0 Å². The van der Waals surface area contributed by atoms with E-state index in [0.29, 0.717) is 6.42 Å². The molecule has 0 aromatic heterocycles. The first-order valence-corrected chi connectivity index (χ1v) is 10.1. The van der Waals surface area contributed by atoms with Gasteiger partial charge < -0.3 is 10.0 Å². The van der Waals surface area contributed by atoms with Crippen LogP contribution >= 0.6 is 0 Å². The average Bonchev–Trinajstić information content (AvgIpc) is 2.80. The number of carbonyl (C=O) groups is 2. The summed E-state index contributed by atoms with van der Waals surface area (Å²) in [5.41, 5.74) is 0.0139. The third-order valence-corrected chi connectivity index (χ3v) is 4.95. The van der Waals surface area contributed by atoms with Crippen LogP contribution in [-0.4, -0.2) is 35.3 Å². The number of rotatable bonds is 13. The molecule has 0 bridgehead atoms. The molecule has 0 radical (unpaired) electrons. The number of carbonyl (C=O) groups excluding carboxylic acids is 2. The zero-order chi connectivity index (χ0) is 18.7. The molecule has 4 heteroatoms. The van der Waals surface area contributed by atoms with E-state index in [0.717, 1.165) is 25.2 Å². The average molecular weight is 352 g/mol. The largest absolute Gasteiger partial charge is 0.511 e. The first kappa shape index (κ1) is 21.7. The number of unbranched alkanes of at least 4 members (excludes halogenated alkanes) is 9. The fraction of sp³-hybridized carbons (Fsp3) is 0.810. The number of hydrogen-bond acceptors (Lipinski definition) is 3. The summed E-state index contributed by atoms with van der Waals surface area (Å²) in [4.78, 5) is 24.8. The molecule has 1 N–H and O–H groups in total. The molecule has 0 aliphatic carbocycles. The molecular formula is C21H37NO3. The molecular weight excluding hydrogens is 314 g/mol. The van der Waals surface area contributed by atoms with Crippen LogP contribution in [0.25, 0.3) is 0 Å². The molecule has 0 spiro atoms. The standard InChI is InChI=1S/C21H37NO3/c1-17(2)14-12-10-8-6-4-5-7-9-11-13-15-18(23)20-19(24)16-22(3)21(20)25/h17,23H,4-16H2,1-3H3/b20-18+. The van der Waals surface area contributed by atoms with Gasteiger partial charge in [-0.05, 0) is 12.3 Å². The van der Waals surface area contributed by atoms with Crippen molar-refractivity contribution in [2.45, 2.75) is 90.9 Å². The van der Waals surface area contributed by atoms with E-state index in [4.69, 9.17) is 0 Å². The van der Waals surface area contributed by atoms with Gasteiger partial charge in [0.25, 0.3) is 5.91 Å². The van der Waals surface area contributed by atoms with Gasteiger partial charge in [0.05, 0.1) is 6.54 Å². The number of nitrogens with zero attached hydrogens (tertiary/aromatic N) is 1. The van der Waals surface area contributed by atoms with Crippen molar-refractivity contribution in [1.29, 1.82) is 0 Å². The Balaban J connectivity index is 1.99. The Morgan fingerprint density at radius 1 is 0.920 bits per heavy atom. The van der Waals surface area contributed by atoms with Gasteiger partial charge in [-0.2, -0.15) is 0 Å². The number of amides is 1. The Morgan fingerprint density at radius 3 is 1.84 bits per heavy atom. The number of allylic oxidation sites excluding steroid dienone is 1. The molecule has 1 aliphatic heterocycles. The lowest BCUT2D eigenvalue weighted by Crippen LogP contribution is -2.19. The van der Waals surface area contributed by atoms with Gasteiger partial charge in [0.2, 0.25) is 0 Å². The molecule has 1 amide bonds. The summed E-state index contributed by atoms with van der Waals surface area (Å²) in [7, 11) is 1.59. The molecule has 0 unspecified atom stereocenters. The van der Waals surface area contributed by atoms with Gasteiger partial charge in [0, 0.05) is 13.5 Å². The Kier molecular flexibility index (Phi) is 10.5. The van der Waals surface area contributed by atoms with Crippen molar-refractivity contribution >= 4 is 11.7 Å². The van der Waals surface area contributed by atoms with Gasteiger partial charge in [0.15, 0.2) is 5.78 Å². The van der Waals surface area contributed by atoms with Gasteiger partial charge in [-0.25, -0.2) is 0 Å². The van der Waals surface area contributed by atoms with Crippen molar-refractivity contribution in [3.05, 3.63) is 11.3 Å². The summed E-state index contributed by atoms with van der Waals surface area (Å²) in [5, 5.41) is 10.00. The monoisotopic (exact) mass is 351 g/mol. The first-order valence-electron chi connectivity index (χ1n) is 10.1. The van der Waals surface area contributed by atoms with E-state index in [1.54, 1.807) is 7.05 Å². The van der Waals surface area contributed by atoms with Crippen LogP contribution in [0.3, 0.4) is 0 Å². The Hall–Kier alpha value is -1.32. The van der Waals surface area contributed by atoms with Crippen molar-refractivity contribution in [2.24, 2.45) is 5.92 Å². The van der Waals surface area contributed by atoms with E-state index in [1.807, 2.05) is 0 Å². The Labute approximate surface area is 153 Å². The number of ketones is 1. The third kappa shape index (κ3) is 8.55. The van der Waals surface area contributed by atoms with Gasteiger partial charge in [-0.15, -0.1) is 0 Å². The highest BCUT2D eigenvalue weighted by Gasteiger charge is 2.33. The van der Waals surface area contributed by atoms with Crippen LogP contribution in [0.1, 0.15) is 90.9 Å². The van der Waals surface area contributed by atoms with Crippen LogP contribution in [0.15, 0.2) is 11.3 Å². The fourth-order valence-electron chi connectivity index (χ4n) is 3.35. The second-order valence-corrected chi connectivity index (χ2v) is 7.87. The van der Waals surface area contributed by atoms with Gasteiger partial charge in [-0.3, -0.25) is 9.59 Å². The molecule has 4 nitrogen and oxygen atoms in total.